The number of aryl methyl sites for hydroxylation is 2. The van der Waals surface area contributed by atoms with Crippen LogP contribution in [0.5, 0.6) is 0 Å². The predicted molar refractivity (Wildman–Crippen MR) is 117 cm³/mol. The number of carbonyl (C=O) groups is 1. The van der Waals surface area contributed by atoms with Crippen LogP contribution in [0, 0.1) is 6.92 Å². The molecule has 0 bridgehead atoms. The Morgan fingerprint density at radius 1 is 1.10 bits per heavy atom. The first-order valence-corrected chi connectivity index (χ1v) is 9.94. The summed E-state index contributed by atoms with van der Waals surface area (Å²) in [6.07, 6.45) is 0.955. The fraction of sp³-hybridized carbons (Fsp3) is 0.182. The summed E-state index contributed by atoms with van der Waals surface area (Å²) < 4.78 is 2.66. The molecule has 0 radical (unpaired) electrons. The molecular formula is C22H20ClN5O2. The molecule has 0 aliphatic rings. The Hall–Kier alpha value is -3.45. The lowest BCUT2D eigenvalue weighted by molar-refractivity contribution is -0.117. The molecule has 0 fully saturated rings. The minimum Gasteiger partial charge on any atom is -0.324 e. The average Bonchev–Trinajstić information content (AvgIpc) is 3.18. The van der Waals surface area contributed by atoms with Crippen molar-refractivity contribution in [2.75, 3.05) is 5.32 Å². The van der Waals surface area contributed by atoms with Crippen LogP contribution in [0.1, 0.15) is 18.3 Å². The normalized spacial score (nSPS) is 11.0. The molecule has 0 saturated carbocycles. The Kier molecular flexibility index (Phi) is 5.37. The van der Waals surface area contributed by atoms with Crippen molar-refractivity contribution in [3.05, 3.63) is 81.4 Å². The van der Waals surface area contributed by atoms with Crippen LogP contribution in [0.25, 0.3) is 16.8 Å². The number of anilines is 1. The van der Waals surface area contributed by atoms with E-state index in [1.54, 1.807) is 37.3 Å². The van der Waals surface area contributed by atoms with Crippen LogP contribution in [-0.4, -0.2) is 25.3 Å². The van der Waals surface area contributed by atoms with Crippen molar-refractivity contribution in [2.24, 2.45) is 0 Å². The van der Waals surface area contributed by atoms with Crippen LogP contribution in [0.4, 0.5) is 5.69 Å². The third kappa shape index (κ3) is 3.97. The van der Waals surface area contributed by atoms with Crippen molar-refractivity contribution in [3.63, 3.8) is 0 Å². The molecule has 0 atom stereocenters. The van der Waals surface area contributed by atoms with Gasteiger partial charge in [0.2, 0.25) is 5.91 Å². The third-order valence-electron chi connectivity index (χ3n) is 4.79. The zero-order valence-electron chi connectivity index (χ0n) is 16.6. The molecule has 152 valence electrons. The number of aromatic nitrogens is 4. The first-order chi connectivity index (χ1) is 14.4. The van der Waals surface area contributed by atoms with Gasteiger partial charge in [-0.2, -0.15) is 10.2 Å². The molecule has 30 heavy (non-hydrogen) atoms. The lowest BCUT2D eigenvalue weighted by Crippen LogP contribution is -2.31. The summed E-state index contributed by atoms with van der Waals surface area (Å²) in [5, 5.41) is 12.0. The molecule has 4 aromatic rings. The number of nitrogens with one attached hydrogen (secondary N) is 1. The fourth-order valence-electron chi connectivity index (χ4n) is 3.24. The third-order valence-corrected chi connectivity index (χ3v) is 5.03. The number of nitrogens with zero attached hydrogens (tertiary/aromatic N) is 4. The second kappa shape index (κ2) is 8.12. The van der Waals surface area contributed by atoms with E-state index in [4.69, 9.17) is 11.6 Å². The van der Waals surface area contributed by atoms with E-state index in [1.807, 2.05) is 24.3 Å². The summed E-state index contributed by atoms with van der Waals surface area (Å²) in [7, 11) is 0. The summed E-state index contributed by atoms with van der Waals surface area (Å²) in [5.41, 5.74) is 3.37. The number of hydrogen-bond acceptors (Lipinski definition) is 4. The van der Waals surface area contributed by atoms with E-state index >= 15 is 0 Å². The molecule has 2 heterocycles. The Balaban J connectivity index is 1.64. The van der Waals surface area contributed by atoms with Gasteiger partial charge in [-0.15, -0.1) is 0 Å². The number of hydrogen-bond donors (Lipinski definition) is 1. The van der Waals surface area contributed by atoms with Gasteiger partial charge in [-0.3, -0.25) is 9.59 Å². The van der Waals surface area contributed by atoms with Crippen LogP contribution >= 0.6 is 11.6 Å². The van der Waals surface area contributed by atoms with Crippen LogP contribution < -0.4 is 10.9 Å². The first-order valence-electron chi connectivity index (χ1n) is 9.57. The molecule has 2 aromatic heterocycles. The topological polar surface area (TPSA) is 81.3 Å². The van der Waals surface area contributed by atoms with Gasteiger partial charge in [-0.05, 0) is 43.2 Å². The highest BCUT2D eigenvalue weighted by atomic mass is 35.5. The van der Waals surface area contributed by atoms with E-state index in [0.29, 0.717) is 27.7 Å². The molecule has 1 N–H and O–H groups in total. The fourth-order valence-corrected chi connectivity index (χ4v) is 3.43. The molecule has 0 saturated heterocycles. The number of fused-ring (bicyclic) bond motifs is 1. The Bertz CT molecular complexity index is 1290. The molecule has 8 heteroatoms. The predicted octanol–water partition coefficient (Wildman–Crippen LogP) is 3.72. The van der Waals surface area contributed by atoms with Gasteiger partial charge in [0.25, 0.3) is 5.56 Å². The summed E-state index contributed by atoms with van der Waals surface area (Å²) in [6.45, 7) is 3.63. The number of rotatable bonds is 5. The van der Waals surface area contributed by atoms with E-state index in [2.05, 4.69) is 22.4 Å². The summed E-state index contributed by atoms with van der Waals surface area (Å²) in [6, 6.07) is 16.6. The van der Waals surface area contributed by atoms with Crippen LogP contribution in [-0.2, 0) is 17.8 Å². The van der Waals surface area contributed by atoms with Crippen molar-refractivity contribution < 1.29 is 4.79 Å². The Morgan fingerprint density at radius 3 is 2.57 bits per heavy atom. The molecule has 0 aliphatic carbocycles. The highest BCUT2D eigenvalue weighted by Gasteiger charge is 2.15. The number of benzene rings is 2. The summed E-state index contributed by atoms with van der Waals surface area (Å²) >= 11 is 5.94. The molecule has 0 unspecified atom stereocenters. The molecular weight excluding hydrogens is 402 g/mol. The smallest absolute Gasteiger partial charge is 0.293 e. The average molecular weight is 422 g/mol. The van der Waals surface area contributed by atoms with Gasteiger partial charge in [0, 0.05) is 16.3 Å². The zero-order chi connectivity index (χ0) is 21.3. The minimum absolute atomic E-state index is 0.214. The second-order valence-corrected chi connectivity index (χ2v) is 7.38. The van der Waals surface area contributed by atoms with Crippen molar-refractivity contribution in [1.82, 2.24) is 19.4 Å². The largest absolute Gasteiger partial charge is 0.324 e. The maximum atomic E-state index is 12.9. The molecule has 4 rings (SSSR count). The summed E-state index contributed by atoms with van der Waals surface area (Å²) in [5.74, 6) is 0.141. The number of halogens is 1. The van der Waals surface area contributed by atoms with Crippen LogP contribution in [0.15, 0.2) is 59.4 Å². The van der Waals surface area contributed by atoms with Gasteiger partial charge in [0.05, 0.1) is 5.69 Å². The van der Waals surface area contributed by atoms with Crippen molar-refractivity contribution >= 4 is 28.7 Å². The summed E-state index contributed by atoms with van der Waals surface area (Å²) in [4.78, 5) is 25.3. The standard InChI is InChI=1S/C22H20ClN5O2/c1-3-15-7-9-16(10-8-15)19-12-20-22(30)27(25-14(2)28(20)26-19)13-21(29)24-18-6-4-5-17(23)11-18/h4-12H,3,13H2,1-2H3,(H,24,29). The van der Waals surface area contributed by atoms with E-state index in [1.165, 1.54) is 10.1 Å². The Morgan fingerprint density at radius 2 is 1.87 bits per heavy atom. The van der Waals surface area contributed by atoms with Crippen molar-refractivity contribution in [1.29, 1.82) is 0 Å². The minimum atomic E-state index is -0.384. The van der Waals surface area contributed by atoms with E-state index in [-0.39, 0.29) is 18.0 Å². The van der Waals surface area contributed by atoms with Crippen molar-refractivity contribution in [3.8, 4) is 11.3 Å². The van der Waals surface area contributed by atoms with Gasteiger partial charge in [0.15, 0.2) is 0 Å². The SMILES string of the molecule is CCc1ccc(-c2cc3c(=O)n(CC(=O)Nc4cccc(Cl)c4)nc(C)n3n2)cc1. The van der Waals surface area contributed by atoms with Crippen LogP contribution in [0.2, 0.25) is 5.02 Å². The first kappa shape index (κ1) is 19.8. The highest BCUT2D eigenvalue weighted by Crippen LogP contribution is 2.20. The highest BCUT2D eigenvalue weighted by molar-refractivity contribution is 6.30. The Labute approximate surface area is 177 Å². The second-order valence-electron chi connectivity index (χ2n) is 6.95. The monoisotopic (exact) mass is 421 g/mol. The van der Waals surface area contributed by atoms with Gasteiger partial charge in [0.1, 0.15) is 17.9 Å². The number of carbonyl (C=O) groups excluding carboxylic acids is 1. The zero-order valence-corrected chi connectivity index (χ0v) is 17.3. The molecule has 0 aliphatic heterocycles. The van der Waals surface area contributed by atoms with Gasteiger partial charge in [-0.1, -0.05) is 48.9 Å². The van der Waals surface area contributed by atoms with Gasteiger partial charge < -0.3 is 5.32 Å². The van der Waals surface area contributed by atoms with Gasteiger partial charge in [-0.25, -0.2) is 9.20 Å². The molecule has 0 spiro atoms. The number of amides is 1. The maximum Gasteiger partial charge on any atom is 0.293 e. The lowest BCUT2D eigenvalue weighted by Gasteiger charge is -2.08. The quantitative estimate of drug-likeness (QED) is 0.532. The van der Waals surface area contributed by atoms with Crippen LogP contribution in [0.3, 0.4) is 0 Å². The lowest BCUT2D eigenvalue weighted by atomic mass is 10.1. The van der Waals surface area contributed by atoms with E-state index < -0.39 is 0 Å². The molecule has 2 aromatic carbocycles. The van der Waals surface area contributed by atoms with E-state index in [9.17, 15) is 9.59 Å². The maximum absolute atomic E-state index is 12.9. The molecule has 1 amide bonds. The van der Waals surface area contributed by atoms with E-state index in [0.717, 1.165) is 16.7 Å². The van der Waals surface area contributed by atoms with Gasteiger partial charge >= 0.3 is 0 Å². The van der Waals surface area contributed by atoms with Crippen molar-refractivity contribution in [2.45, 2.75) is 26.8 Å². The molecule has 7 nitrogen and oxygen atoms in total.